The Hall–Kier alpha value is -2.07. The van der Waals surface area contributed by atoms with Gasteiger partial charge in [0.1, 0.15) is 0 Å². The molecule has 1 N–H and O–H groups in total. The lowest BCUT2D eigenvalue weighted by Gasteiger charge is -2.39. The summed E-state index contributed by atoms with van der Waals surface area (Å²) in [5, 5.41) is 9.06. The summed E-state index contributed by atoms with van der Waals surface area (Å²) in [6.07, 6.45) is 7.76. The number of hydrogen-bond acceptors (Lipinski definition) is 3. The lowest BCUT2D eigenvalue weighted by molar-refractivity contribution is 0.0697. The van der Waals surface area contributed by atoms with Gasteiger partial charge in [0.25, 0.3) is 0 Å². The lowest BCUT2D eigenvalue weighted by atomic mass is 9.73. The number of benzene rings is 1. The quantitative estimate of drug-likeness (QED) is 0.557. The van der Waals surface area contributed by atoms with Crippen LogP contribution in [0.4, 0.5) is 5.69 Å². The number of nitrogens with zero attached hydrogens (tertiary/aromatic N) is 2. The zero-order chi connectivity index (χ0) is 22.1. The van der Waals surface area contributed by atoms with E-state index in [1.54, 1.807) is 23.3 Å². The summed E-state index contributed by atoms with van der Waals surface area (Å²) in [6, 6.07) is 7.29. The molecule has 2 aliphatic rings. The molecule has 0 spiro atoms. The van der Waals surface area contributed by atoms with Crippen LogP contribution in [0.3, 0.4) is 0 Å². The Kier molecular flexibility index (Phi) is 9.16. The fraction of sp³-hybridized carbons (Fsp3) is 0.577. The van der Waals surface area contributed by atoms with Gasteiger partial charge in [-0.1, -0.05) is 38.3 Å². The second-order valence-corrected chi connectivity index (χ2v) is 9.27. The van der Waals surface area contributed by atoms with Crippen molar-refractivity contribution < 1.29 is 9.90 Å². The van der Waals surface area contributed by atoms with E-state index in [1.165, 1.54) is 38.5 Å². The summed E-state index contributed by atoms with van der Waals surface area (Å²) < 4.78 is 0. The van der Waals surface area contributed by atoms with Gasteiger partial charge in [0.15, 0.2) is 0 Å². The number of piperazine rings is 1. The largest absolute Gasteiger partial charge is 0.478 e. The van der Waals surface area contributed by atoms with Crippen LogP contribution in [0.2, 0.25) is 0 Å². The van der Waals surface area contributed by atoms with Gasteiger partial charge in [-0.25, -0.2) is 4.79 Å². The van der Waals surface area contributed by atoms with Crippen LogP contribution in [-0.2, 0) is 0 Å². The summed E-state index contributed by atoms with van der Waals surface area (Å²) in [5.41, 5.74) is 5.38. The Balaban J connectivity index is 0.00000155. The molecule has 0 bridgehead atoms. The van der Waals surface area contributed by atoms with Gasteiger partial charge >= 0.3 is 5.97 Å². The molecule has 1 aromatic rings. The van der Waals surface area contributed by atoms with Crippen molar-refractivity contribution in [2.45, 2.75) is 59.3 Å². The molecule has 4 nitrogen and oxygen atoms in total. The summed E-state index contributed by atoms with van der Waals surface area (Å²) in [7, 11) is 0. The number of rotatable bonds is 7. The average molecular weight is 413 g/mol. The lowest BCUT2D eigenvalue weighted by Crippen LogP contribution is -2.47. The molecule has 4 heteroatoms. The van der Waals surface area contributed by atoms with E-state index in [1.807, 2.05) is 12.1 Å². The van der Waals surface area contributed by atoms with Gasteiger partial charge in [-0.15, -0.1) is 13.2 Å². The zero-order valence-electron chi connectivity index (χ0n) is 19.3. The third kappa shape index (κ3) is 6.73. The first-order chi connectivity index (χ1) is 14.4. The van der Waals surface area contributed by atoms with E-state index in [2.05, 4.69) is 43.7 Å². The molecule has 0 unspecified atom stereocenters. The van der Waals surface area contributed by atoms with Crippen LogP contribution in [0.15, 0.2) is 48.6 Å². The van der Waals surface area contributed by atoms with E-state index in [-0.39, 0.29) is 0 Å². The van der Waals surface area contributed by atoms with E-state index >= 15 is 0 Å². The molecule has 30 heavy (non-hydrogen) atoms. The molecule has 1 aliphatic carbocycles. The molecule has 0 radical (unpaired) electrons. The van der Waals surface area contributed by atoms with Crippen molar-refractivity contribution in [3.05, 3.63) is 54.1 Å². The Morgan fingerprint density at radius 2 is 1.70 bits per heavy atom. The van der Waals surface area contributed by atoms with Crippen LogP contribution in [0, 0.1) is 5.41 Å². The van der Waals surface area contributed by atoms with Gasteiger partial charge in [-0.05, 0) is 61.8 Å². The van der Waals surface area contributed by atoms with Gasteiger partial charge in [0.2, 0.25) is 0 Å². The van der Waals surface area contributed by atoms with Crippen LogP contribution in [0.25, 0.3) is 0 Å². The molecular weight excluding hydrogens is 372 g/mol. The van der Waals surface area contributed by atoms with Crippen LogP contribution >= 0.6 is 0 Å². The normalized spacial score (nSPS) is 19.2. The predicted molar refractivity (Wildman–Crippen MR) is 127 cm³/mol. The van der Waals surface area contributed by atoms with Crippen molar-refractivity contribution >= 4 is 11.7 Å². The Labute approximate surface area is 183 Å². The second-order valence-electron chi connectivity index (χ2n) is 9.27. The molecule has 0 atom stereocenters. The topological polar surface area (TPSA) is 43.8 Å². The first-order valence-electron chi connectivity index (χ1n) is 11.4. The van der Waals surface area contributed by atoms with E-state index in [0.717, 1.165) is 38.4 Å². The number of carboxylic acids is 1. The first-order valence-corrected chi connectivity index (χ1v) is 11.4. The van der Waals surface area contributed by atoms with Crippen LogP contribution in [-0.4, -0.2) is 48.7 Å². The molecular formula is C26H40N2O2. The molecule has 166 valence electrons. The highest BCUT2D eigenvalue weighted by atomic mass is 16.4. The van der Waals surface area contributed by atoms with Crippen molar-refractivity contribution in [2.75, 3.05) is 37.6 Å². The SMILES string of the molecule is C=C.CCCCC1=C(CN2CCN(c3ccc(C(=O)O)cc3)CC2)CC(C)(C)CC1. The minimum atomic E-state index is -0.862. The molecule has 1 saturated heterocycles. The molecule has 1 fully saturated rings. The number of unbranched alkanes of at least 4 members (excludes halogenated alkanes) is 1. The molecule has 0 saturated carbocycles. The predicted octanol–water partition coefficient (Wildman–Crippen LogP) is 6.01. The van der Waals surface area contributed by atoms with E-state index in [0.29, 0.717) is 11.0 Å². The van der Waals surface area contributed by atoms with Gasteiger partial charge in [-0.3, -0.25) is 4.90 Å². The standard InChI is InChI=1S/C24H36N2O2.C2H4/c1-4-5-6-19-11-12-24(2,3)17-21(19)18-25-13-15-26(16-14-25)22-9-7-20(8-10-22)23(27)28;1-2/h7-10H,4-6,11-18H2,1-3H3,(H,27,28);1-2H2. The fourth-order valence-corrected chi connectivity index (χ4v) is 4.57. The first kappa shape index (κ1) is 24.2. The third-order valence-electron chi connectivity index (χ3n) is 6.39. The number of anilines is 1. The van der Waals surface area contributed by atoms with Gasteiger partial charge in [0.05, 0.1) is 5.56 Å². The summed E-state index contributed by atoms with van der Waals surface area (Å²) >= 11 is 0. The maximum absolute atomic E-state index is 11.0. The number of hydrogen-bond donors (Lipinski definition) is 1. The highest BCUT2D eigenvalue weighted by molar-refractivity contribution is 5.88. The van der Waals surface area contributed by atoms with Crippen molar-refractivity contribution in [3.8, 4) is 0 Å². The van der Waals surface area contributed by atoms with Crippen molar-refractivity contribution in [2.24, 2.45) is 5.41 Å². The minimum Gasteiger partial charge on any atom is -0.478 e. The summed E-state index contributed by atoms with van der Waals surface area (Å²) in [4.78, 5) is 16.0. The molecule has 1 heterocycles. The Bertz CT molecular complexity index is 713. The minimum absolute atomic E-state index is 0.355. The number of carboxylic acid groups (broad SMARTS) is 1. The van der Waals surface area contributed by atoms with Gasteiger partial charge < -0.3 is 10.0 Å². The fourth-order valence-electron chi connectivity index (χ4n) is 4.57. The number of carbonyl (C=O) groups is 1. The van der Waals surface area contributed by atoms with Crippen molar-refractivity contribution in [1.29, 1.82) is 0 Å². The zero-order valence-corrected chi connectivity index (χ0v) is 19.3. The van der Waals surface area contributed by atoms with E-state index < -0.39 is 5.97 Å². The Morgan fingerprint density at radius 3 is 2.27 bits per heavy atom. The molecule has 1 aliphatic heterocycles. The summed E-state index contributed by atoms with van der Waals surface area (Å²) in [6.45, 7) is 18.4. The van der Waals surface area contributed by atoms with Crippen LogP contribution < -0.4 is 4.90 Å². The maximum atomic E-state index is 11.0. The Morgan fingerprint density at radius 1 is 1.07 bits per heavy atom. The van der Waals surface area contributed by atoms with Gasteiger partial charge in [0, 0.05) is 38.4 Å². The van der Waals surface area contributed by atoms with E-state index in [9.17, 15) is 4.79 Å². The smallest absolute Gasteiger partial charge is 0.335 e. The second kappa shape index (κ2) is 11.4. The molecule has 3 rings (SSSR count). The van der Waals surface area contributed by atoms with Crippen LogP contribution in [0.5, 0.6) is 0 Å². The highest BCUT2D eigenvalue weighted by Gasteiger charge is 2.28. The van der Waals surface area contributed by atoms with Gasteiger partial charge in [-0.2, -0.15) is 0 Å². The maximum Gasteiger partial charge on any atom is 0.335 e. The van der Waals surface area contributed by atoms with Crippen molar-refractivity contribution in [3.63, 3.8) is 0 Å². The van der Waals surface area contributed by atoms with Crippen molar-refractivity contribution in [1.82, 2.24) is 4.90 Å². The monoisotopic (exact) mass is 412 g/mol. The third-order valence-corrected chi connectivity index (χ3v) is 6.39. The molecule has 1 aromatic carbocycles. The summed E-state index contributed by atoms with van der Waals surface area (Å²) in [5.74, 6) is -0.862. The highest BCUT2D eigenvalue weighted by Crippen LogP contribution is 2.40. The average Bonchev–Trinajstić information content (AvgIpc) is 2.75. The number of aromatic carboxylic acids is 1. The molecule has 0 aromatic heterocycles. The van der Waals surface area contributed by atoms with Crippen LogP contribution in [0.1, 0.15) is 69.7 Å². The van der Waals surface area contributed by atoms with E-state index in [4.69, 9.17) is 5.11 Å². The number of allylic oxidation sites excluding steroid dienone is 1. The molecule has 0 amide bonds.